The van der Waals surface area contributed by atoms with Crippen LogP contribution >= 0.6 is 0 Å². The quantitative estimate of drug-likeness (QED) is 0.607. The first-order valence-electron chi connectivity index (χ1n) is 10.7. The highest BCUT2D eigenvalue weighted by Crippen LogP contribution is 2.29. The van der Waals surface area contributed by atoms with Crippen molar-refractivity contribution >= 4 is 29.1 Å². The van der Waals surface area contributed by atoms with Crippen LogP contribution in [0.4, 0.5) is 17.3 Å². The molecule has 32 heavy (non-hydrogen) atoms. The molecule has 1 aliphatic heterocycles. The fourth-order valence-electron chi connectivity index (χ4n) is 4.02. The van der Waals surface area contributed by atoms with E-state index < -0.39 is 0 Å². The molecule has 0 aliphatic carbocycles. The maximum absolute atomic E-state index is 12.9. The Hall–Kier alpha value is -3.74. The molecule has 164 valence electrons. The van der Waals surface area contributed by atoms with Crippen LogP contribution in [0.2, 0.25) is 0 Å². The summed E-state index contributed by atoms with van der Waals surface area (Å²) in [7, 11) is 0. The number of benzene rings is 2. The van der Waals surface area contributed by atoms with Crippen LogP contribution in [0.15, 0.2) is 60.7 Å². The summed E-state index contributed by atoms with van der Waals surface area (Å²) in [6, 6.07) is 19.1. The number of nitrogens with one attached hydrogen (secondary N) is 2. The van der Waals surface area contributed by atoms with Crippen molar-refractivity contribution in [3.8, 4) is 0 Å². The molecule has 1 aromatic heterocycles. The molecule has 2 N–H and O–H groups in total. The monoisotopic (exact) mass is 429 g/mol. The van der Waals surface area contributed by atoms with Crippen LogP contribution in [-0.2, 0) is 9.59 Å². The van der Waals surface area contributed by atoms with E-state index in [0.29, 0.717) is 18.2 Å². The van der Waals surface area contributed by atoms with Gasteiger partial charge in [-0.1, -0.05) is 36.4 Å². The molecule has 4 rings (SSSR count). The summed E-state index contributed by atoms with van der Waals surface area (Å²) in [4.78, 5) is 36.0. The second-order valence-corrected chi connectivity index (χ2v) is 8.20. The van der Waals surface area contributed by atoms with Gasteiger partial charge in [0.05, 0.1) is 12.0 Å². The van der Waals surface area contributed by atoms with Crippen LogP contribution in [0.5, 0.6) is 0 Å². The second-order valence-electron chi connectivity index (χ2n) is 8.20. The minimum absolute atomic E-state index is 0.00360. The number of aromatic nitrogens is 2. The molecule has 0 saturated carbocycles. The normalized spacial score (nSPS) is 16.7. The molecule has 0 bridgehead atoms. The Kier molecular flexibility index (Phi) is 6.16. The SMILES string of the molecule is Cc1cc(C)nc(Nc2cccc(NC(=O)C3CC(=O)N(C(C)c4ccccc4)C3)c2)n1. The second kappa shape index (κ2) is 9.18. The molecule has 7 nitrogen and oxygen atoms in total. The van der Waals surface area contributed by atoms with Gasteiger partial charge in [-0.25, -0.2) is 9.97 Å². The van der Waals surface area contributed by atoms with Crippen molar-refractivity contribution in [2.24, 2.45) is 5.92 Å². The van der Waals surface area contributed by atoms with Crippen LogP contribution in [0.3, 0.4) is 0 Å². The fourth-order valence-corrected chi connectivity index (χ4v) is 4.02. The molecule has 0 radical (unpaired) electrons. The summed E-state index contributed by atoms with van der Waals surface area (Å²) in [5.74, 6) is -0.0178. The third-order valence-electron chi connectivity index (χ3n) is 5.65. The van der Waals surface area contributed by atoms with E-state index in [1.165, 1.54) is 0 Å². The molecule has 1 fully saturated rings. The van der Waals surface area contributed by atoms with E-state index in [9.17, 15) is 9.59 Å². The van der Waals surface area contributed by atoms with Crippen LogP contribution in [0, 0.1) is 19.8 Å². The van der Waals surface area contributed by atoms with Gasteiger partial charge in [-0.15, -0.1) is 0 Å². The Labute approximate surface area is 187 Å². The summed E-state index contributed by atoms with van der Waals surface area (Å²) in [5, 5.41) is 6.13. The lowest BCUT2D eigenvalue weighted by atomic mass is 10.1. The third-order valence-corrected chi connectivity index (χ3v) is 5.65. The van der Waals surface area contributed by atoms with E-state index in [4.69, 9.17) is 0 Å². The Bertz CT molecular complexity index is 1110. The zero-order chi connectivity index (χ0) is 22.7. The highest BCUT2D eigenvalue weighted by atomic mass is 16.2. The highest BCUT2D eigenvalue weighted by Gasteiger charge is 2.37. The molecule has 2 atom stereocenters. The molecule has 2 amide bonds. The molecular weight excluding hydrogens is 402 g/mol. The average Bonchev–Trinajstić information content (AvgIpc) is 3.15. The molecule has 2 heterocycles. The Morgan fingerprint density at radius 2 is 1.69 bits per heavy atom. The van der Waals surface area contributed by atoms with Crippen molar-refractivity contribution in [3.63, 3.8) is 0 Å². The van der Waals surface area contributed by atoms with Gasteiger partial charge in [-0.3, -0.25) is 9.59 Å². The molecule has 1 saturated heterocycles. The number of nitrogens with zero attached hydrogens (tertiary/aromatic N) is 3. The molecule has 0 spiro atoms. The number of anilines is 3. The standard InChI is InChI=1S/C25H27N5O2/c1-16-12-17(2)27-25(26-16)29-22-11-7-10-21(14-22)28-24(32)20-13-23(31)30(15-20)18(3)19-8-5-4-6-9-19/h4-12,14,18,20H,13,15H2,1-3H3,(H,28,32)(H,26,27,29). The third kappa shape index (κ3) is 4.94. The number of rotatable bonds is 6. The number of likely N-dealkylation sites (tertiary alicyclic amines) is 1. The summed E-state index contributed by atoms with van der Waals surface area (Å²) < 4.78 is 0. The molecular formula is C25H27N5O2. The van der Waals surface area contributed by atoms with Gasteiger partial charge in [0.25, 0.3) is 0 Å². The summed E-state index contributed by atoms with van der Waals surface area (Å²) >= 11 is 0. The average molecular weight is 430 g/mol. The van der Waals surface area contributed by atoms with Crippen molar-refractivity contribution < 1.29 is 9.59 Å². The predicted octanol–water partition coefficient (Wildman–Crippen LogP) is 4.39. The predicted molar refractivity (Wildman–Crippen MR) is 125 cm³/mol. The molecule has 1 aliphatic rings. The van der Waals surface area contributed by atoms with Crippen molar-refractivity contribution in [2.45, 2.75) is 33.2 Å². The maximum atomic E-state index is 12.9. The molecule has 2 unspecified atom stereocenters. The van der Waals surface area contributed by atoms with Gasteiger partial charge in [0.2, 0.25) is 17.8 Å². The lowest BCUT2D eigenvalue weighted by molar-refractivity contribution is -0.129. The van der Waals surface area contributed by atoms with E-state index in [2.05, 4.69) is 20.6 Å². The number of amides is 2. The van der Waals surface area contributed by atoms with Crippen molar-refractivity contribution in [1.82, 2.24) is 14.9 Å². The van der Waals surface area contributed by atoms with Gasteiger partial charge in [0.1, 0.15) is 0 Å². The lowest BCUT2D eigenvalue weighted by Gasteiger charge is -2.25. The van der Waals surface area contributed by atoms with Crippen LogP contribution in [0.1, 0.15) is 36.3 Å². The van der Waals surface area contributed by atoms with E-state index in [0.717, 1.165) is 22.6 Å². The first-order chi connectivity index (χ1) is 15.4. The first-order valence-corrected chi connectivity index (χ1v) is 10.7. The van der Waals surface area contributed by atoms with Gasteiger partial charge in [0.15, 0.2) is 0 Å². The smallest absolute Gasteiger partial charge is 0.229 e. The summed E-state index contributed by atoms with van der Waals surface area (Å²) in [5.41, 5.74) is 4.25. The Morgan fingerprint density at radius 3 is 2.41 bits per heavy atom. The molecule has 7 heteroatoms. The van der Waals surface area contributed by atoms with E-state index >= 15 is 0 Å². The lowest BCUT2D eigenvalue weighted by Crippen LogP contribution is -2.30. The minimum atomic E-state index is -0.381. The number of carbonyl (C=O) groups excluding carboxylic acids is 2. The van der Waals surface area contributed by atoms with Crippen LogP contribution in [0.25, 0.3) is 0 Å². The van der Waals surface area contributed by atoms with Crippen LogP contribution in [-0.4, -0.2) is 33.2 Å². The summed E-state index contributed by atoms with van der Waals surface area (Å²) in [6.07, 6.45) is 0.220. The van der Waals surface area contributed by atoms with Crippen molar-refractivity contribution in [3.05, 3.63) is 77.6 Å². The fraction of sp³-hybridized carbons (Fsp3) is 0.280. The van der Waals surface area contributed by atoms with E-state index in [1.54, 1.807) is 4.90 Å². The van der Waals surface area contributed by atoms with Gasteiger partial charge >= 0.3 is 0 Å². The number of hydrogen-bond acceptors (Lipinski definition) is 5. The Balaban J connectivity index is 1.41. The number of aryl methyl sites for hydroxylation is 2. The maximum Gasteiger partial charge on any atom is 0.229 e. The van der Waals surface area contributed by atoms with Gasteiger partial charge in [-0.05, 0) is 50.6 Å². The van der Waals surface area contributed by atoms with Crippen LogP contribution < -0.4 is 10.6 Å². The van der Waals surface area contributed by atoms with Gasteiger partial charge in [0, 0.05) is 35.7 Å². The Morgan fingerprint density at radius 1 is 1.00 bits per heavy atom. The van der Waals surface area contributed by atoms with Gasteiger partial charge < -0.3 is 15.5 Å². The minimum Gasteiger partial charge on any atom is -0.335 e. The topological polar surface area (TPSA) is 87.2 Å². The zero-order valence-electron chi connectivity index (χ0n) is 18.5. The molecule has 3 aromatic rings. The van der Waals surface area contributed by atoms with Gasteiger partial charge in [-0.2, -0.15) is 0 Å². The number of carbonyl (C=O) groups is 2. The first kappa shape index (κ1) is 21.5. The van der Waals surface area contributed by atoms with Crippen molar-refractivity contribution in [2.75, 3.05) is 17.2 Å². The number of hydrogen-bond donors (Lipinski definition) is 2. The summed E-state index contributed by atoms with van der Waals surface area (Å²) in [6.45, 7) is 6.25. The van der Waals surface area contributed by atoms with E-state index in [1.807, 2.05) is 81.4 Å². The zero-order valence-corrected chi connectivity index (χ0v) is 18.5. The highest BCUT2D eigenvalue weighted by molar-refractivity contribution is 5.97. The van der Waals surface area contributed by atoms with Crippen molar-refractivity contribution in [1.29, 1.82) is 0 Å². The van der Waals surface area contributed by atoms with E-state index in [-0.39, 0.29) is 30.2 Å². The largest absolute Gasteiger partial charge is 0.335 e. The molecule has 2 aromatic carbocycles.